The minimum absolute atomic E-state index is 0.111. The van der Waals surface area contributed by atoms with Crippen molar-refractivity contribution < 1.29 is 25.8 Å². The largest absolute Gasteiger partial charge is 0.416 e. The van der Waals surface area contributed by atoms with Crippen LogP contribution in [0.1, 0.15) is 18.1 Å². The average Bonchev–Trinajstić information content (AvgIpc) is 2.25. The first-order valence-corrected chi connectivity index (χ1v) is 6.88. The monoisotopic (exact) mass is 297 g/mol. The Morgan fingerprint density at radius 2 is 1.79 bits per heavy atom. The second-order valence-corrected chi connectivity index (χ2v) is 5.50. The van der Waals surface area contributed by atoms with Crippen LogP contribution in [0.5, 0.6) is 0 Å². The van der Waals surface area contributed by atoms with Crippen molar-refractivity contribution in [3.63, 3.8) is 0 Å². The Balaban J connectivity index is 2.58. The molecule has 1 atom stereocenters. The third kappa shape index (κ3) is 6.04. The molecule has 8 heteroatoms. The molecule has 0 fully saturated rings. The summed E-state index contributed by atoms with van der Waals surface area (Å²) < 4.78 is 62.6. The molecular weight excluding hydrogens is 283 g/mol. The zero-order valence-corrected chi connectivity index (χ0v) is 11.0. The van der Waals surface area contributed by atoms with Gasteiger partial charge in [0, 0.05) is 0 Å². The van der Waals surface area contributed by atoms with Gasteiger partial charge in [0.05, 0.1) is 12.2 Å². The van der Waals surface area contributed by atoms with Gasteiger partial charge in [-0.15, -0.1) is 0 Å². The van der Waals surface area contributed by atoms with Crippen LogP contribution >= 0.6 is 0 Å². The van der Waals surface area contributed by atoms with Crippen molar-refractivity contribution in [1.29, 1.82) is 0 Å². The van der Waals surface area contributed by atoms with Crippen molar-refractivity contribution >= 4 is 10.3 Å². The highest BCUT2D eigenvalue weighted by Crippen LogP contribution is 2.29. The standard InChI is InChI=1S/C11H14F3NO3S/c1-8(7-18-19(15,16)17)6-9-2-4-10(5-3-9)11(12,13)14/h2-5,8H,6-7H2,1H3,(H2,15,16,17). The van der Waals surface area contributed by atoms with Crippen molar-refractivity contribution in [2.45, 2.75) is 19.5 Å². The van der Waals surface area contributed by atoms with Gasteiger partial charge in [-0.25, -0.2) is 5.14 Å². The summed E-state index contributed by atoms with van der Waals surface area (Å²) in [6, 6.07) is 4.69. The predicted octanol–water partition coefficient (Wildman–Crippen LogP) is 2.10. The van der Waals surface area contributed by atoms with Crippen molar-refractivity contribution in [3.8, 4) is 0 Å². The summed E-state index contributed by atoms with van der Waals surface area (Å²) in [4.78, 5) is 0. The van der Waals surface area contributed by atoms with Crippen LogP contribution in [0.4, 0.5) is 13.2 Å². The van der Waals surface area contributed by atoms with Gasteiger partial charge in [-0.2, -0.15) is 21.6 Å². The topological polar surface area (TPSA) is 69.4 Å². The van der Waals surface area contributed by atoms with Crippen molar-refractivity contribution in [1.82, 2.24) is 0 Å². The molecule has 0 radical (unpaired) electrons. The van der Waals surface area contributed by atoms with Gasteiger partial charge in [-0.1, -0.05) is 19.1 Å². The number of alkyl halides is 3. The molecule has 0 amide bonds. The first-order valence-electron chi connectivity index (χ1n) is 5.41. The van der Waals surface area contributed by atoms with Crippen LogP contribution in [0.2, 0.25) is 0 Å². The lowest BCUT2D eigenvalue weighted by atomic mass is 10.0. The minimum atomic E-state index is -4.36. The van der Waals surface area contributed by atoms with Crippen LogP contribution in [0.3, 0.4) is 0 Å². The zero-order valence-electron chi connectivity index (χ0n) is 10.1. The fourth-order valence-electron chi connectivity index (χ4n) is 1.50. The lowest BCUT2D eigenvalue weighted by Gasteiger charge is -2.12. The highest BCUT2D eigenvalue weighted by atomic mass is 32.2. The van der Waals surface area contributed by atoms with E-state index in [1.807, 2.05) is 0 Å². The average molecular weight is 297 g/mol. The van der Waals surface area contributed by atoms with Gasteiger partial charge in [-0.05, 0) is 30.0 Å². The zero-order chi connectivity index (χ0) is 14.7. The van der Waals surface area contributed by atoms with E-state index in [1.54, 1.807) is 6.92 Å². The summed E-state index contributed by atoms with van der Waals surface area (Å²) in [5.41, 5.74) is -0.0526. The van der Waals surface area contributed by atoms with E-state index < -0.39 is 22.0 Å². The Labute approximate surface area is 109 Å². The van der Waals surface area contributed by atoms with Gasteiger partial charge in [-0.3, -0.25) is 4.18 Å². The Kier molecular flexibility index (Phi) is 4.94. The fourth-order valence-corrected chi connectivity index (χ4v) is 1.92. The van der Waals surface area contributed by atoms with Crippen LogP contribution in [-0.2, 0) is 27.1 Å². The Morgan fingerprint density at radius 3 is 2.21 bits per heavy atom. The van der Waals surface area contributed by atoms with Gasteiger partial charge >= 0.3 is 16.5 Å². The summed E-state index contributed by atoms with van der Waals surface area (Å²) >= 11 is 0. The van der Waals surface area contributed by atoms with Gasteiger partial charge < -0.3 is 0 Å². The quantitative estimate of drug-likeness (QED) is 0.905. The number of hydrogen-bond donors (Lipinski definition) is 1. The van der Waals surface area contributed by atoms with Gasteiger partial charge in [0.1, 0.15) is 0 Å². The number of benzene rings is 1. The summed E-state index contributed by atoms with van der Waals surface area (Å²) in [5, 5.41) is 4.67. The van der Waals surface area contributed by atoms with E-state index in [-0.39, 0.29) is 12.5 Å². The molecule has 0 aliphatic carbocycles. The predicted molar refractivity (Wildman–Crippen MR) is 63.4 cm³/mol. The lowest BCUT2D eigenvalue weighted by Crippen LogP contribution is -2.20. The third-order valence-corrected chi connectivity index (χ3v) is 2.85. The van der Waals surface area contributed by atoms with Crippen LogP contribution in [-0.4, -0.2) is 15.0 Å². The Bertz CT molecular complexity index is 511. The van der Waals surface area contributed by atoms with E-state index in [4.69, 9.17) is 0 Å². The highest BCUT2D eigenvalue weighted by molar-refractivity contribution is 7.84. The van der Waals surface area contributed by atoms with E-state index in [2.05, 4.69) is 9.32 Å². The van der Waals surface area contributed by atoms with Crippen LogP contribution in [0, 0.1) is 5.92 Å². The highest BCUT2D eigenvalue weighted by Gasteiger charge is 2.29. The van der Waals surface area contributed by atoms with Crippen molar-refractivity contribution in [3.05, 3.63) is 35.4 Å². The molecule has 108 valence electrons. The van der Waals surface area contributed by atoms with Gasteiger partial charge in [0.15, 0.2) is 0 Å². The molecule has 0 aliphatic heterocycles. The van der Waals surface area contributed by atoms with Crippen molar-refractivity contribution in [2.24, 2.45) is 11.1 Å². The second-order valence-electron chi connectivity index (χ2n) is 4.28. The molecule has 0 saturated carbocycles. The molecule has 4 nitrogen and oxygen atoms in total. The minimum Gasteiger partial charge on any atom is -0.258 e. The molecular formula is C11H14F3NO3S. The number of halogens is 3. The smallest absolute Gasteiger partial charge is 0.258 e. The Hall–Kier alpha value is -1.12. The first kappa shape index (κ1) is 15.9. The van der Waals surface area contributed by atoms with E-state index in [0.29, 0.717) is 12.0 Å². The molecule has 0 saturated heterocycles. The molecule has 0 bridgehead atoms. The maximum atomic E-state index is 12.3. The molecule has 0 heterocycles. The molecule has 0 aliphatic rings. The normalized spacial score (nSPS) is 14.4. The molecule has 1 aromatic rings. The molecule has 19 heavy (non-hydrogen) atoms. The van der Waals surface area contributed by atoms with Crippen molar-refractivity contribution in [2.75, 3.05) is 6.61 Å². The summed E-state index contributed by atoms with van der Waals surface area (Å²) in [5.74, 6) is -0.185. The molecule has 1 aromatic carbocycles. The van der Waals surface area contributed by atoms with Gasteiger partial charge in [0.2, 0.25) is 0 Å². The molecule has 2 N–H and O–H groups in total. The lowest BCUT2D eigenvalue weighted by molar-refractivity contribution is -0.137. The van der Waals surface area contributed by atoms with Crippen LogP contribution < -0.4 is 5.14 Å². The molecule has 0 aromatic heterocycles. The number of nitrogens with two attached hydrogens (primary N) is 1. The van der Waals surface area contributed by atoms with Crippen LogP contribution in [0.25, 0.3) is 0 Å². The SMILES string of the molecule is CC(COS(N)(=O)=O)Cc1ccc(C(F)(F)F)cc1. The number of rotatable bonds is 5. The number of hydrogen-bond acceptors (Lipinski definition) is 3. The summed E-state index contributed by atoms with van der Waals surface area (Å²) in [6.07, 6.45) is -3.96. The van der Waals surface area contributed by atoms with E-state index in [9.17, 15) is 21.6 Å². The van der Waals surface area contributed by atoms with Gasteiger partial charge in [0.25, 0.3) is 0 Å². The fraction of sp³-hybridized carbons (Fsp3) is 0.455. The summed E-state index contributed by atoms with van der Waals surface area (Å²) in [6.45, 7) is 1.60. The Morgan fingerprint density at radius 1 is 1.26 bits per heavy atom. The maximum Gasteiger partial charge on any atom is 0.416 e. The molecule has 0 spiro atoms. The maximum absolute atomic E-state index is 12.3. The molecule has 1 unspecified atom stereocenters. The van der Waals surface area contributed by atoms with Crippen LogP contribution in [0.15, 0.2) is 24.3 Å². The van der Waals surface area contributed by atoms with E-state index >= 15 is 0 Å². The second kappa shape index (κ2) is 5.89. The summed E-state index contributed by atoms with van der Waals surface area (Å²) in [7, 11) is -3.99. The first-order chi connectivity index (χ1) is 8.58. The van der Waals surface area contributed by atoms with E-state index in [0.717, 1.165) is 12.1 Å². The molecule has 1 rings (SSSR count). The van der Waals surface area contributed by atoms with E-state index in [1.165, 1.54) is 12.1 Å². The third-order valence-electron chi connectivity index (χ3n) is 2.38.